The Morgan fingerprint density at radius 3 is 2.32 bits per heavy atom. The van der Waals surface area contributed by atoms with E-state index >= 15 is 0 Å². The molecule has 1 N–H and O–H groups in total. The van der Waals surface area contributed by atoms with Crippen LogP contribution in [0.1, 0.15) is 54.9 Å². The largest absolute Gasteiger partial charge is 0.352 e. The number of hydrogen-bond donors (Lipinski definition) is 1. The van der Waals surface area contributed by atoms with Crippen LogP contribution in [0.15, 0.2) is 36.4 Å². The minimum Gasteiger partial charge on any atom is -0.352 e. The Bertz CT molecular complexity index is 955. The van der Waals surface area contributed by atoms with E-state index in [4.69, 9.17) is 23.2 Å². The van der Waals surface area contributed by atoms with E-state index in [1.807, 2.05) is 38.1 Å². The van der Waals surface area contributed by atoms with Gasteiger partial charge in [-0.2, -0.15) is 0 Å². The van der Waals surface area contributed by atoms with Crippen molar-refractivity contribution in [2.45, 2.75) is 71.5 Å². The fourth-order valence-electron chi connectivity index (χ4n) is 4.00. The second kappa shape index (κ2) is 10.5. The molecule has 1 aliphatic rings. The lowest BCUT2D eigenvalue weighted by molar-refractivity contribution is -0.140. The van der Waals surface area contributed by atoms with Gasteiger partial charge in [0.1, 0.15) is 6.04 Å². The van der Waals surface area contributed by atoms with Crippen LogP contribution in [0.2, 0.25) is 10.0 Å². The Kier molecular flexibility index (Phi) is 8.01. The highest BCUT2D eigenvalue weighted by Gasteiger charge is 2.28. The summed E-state index contributed by atoms with van der Waals surface area (Å²) in [6.45, 7) is 6.17. The maximum atomic E-state index is 13.3. The number of carbonyl (C=O) groups excluding carboxylic acids is 2. The van der Waals surface area contributed by atoms with Gasteiger partial charge in [-0.25, -0.2) is 0 Å². The second-order valence-electron chi connectivity index (χ2n) is 8.53. The maximum Gasteiger partial charge on any atom is 0.242 e. The molecular formula is C25H30Cl2N2O2. The lowest BCUT2D eigenvalue weighted by Crippen LogP contribution is -2.50. The minimum absolute atomic E-state index is 0.0941. The fourth-order valence-corrected chi connectivity index (χ4v) is 4.32. The predicted molar refractivity (Wildman–Crippen MR) is 126 cm³/mol. The van der Waals surface area contributed by atoms with Gasteiger partial charge in [-0.1, -0.05) is 60.3 Å². The van der Waals surface area contributed by atoms with E-state index in [1.165, 1.54) is 5.56 Å². The van der Waals surface area contributed by atoms with Crippen molar-refractivity contribution in [3.05, 3.63) is 68.7 Å². The molecule has 6 heteroatoms. The minimum atomic E-state index is -0.589. The van der Waals surface area contributed by atoms with Crippen LogP contribution in [0.25, 0.3) is 0 Å². The third kappa shape index (κ3) is 6.24. The van der Waals surface area contributed by atoms with E-state index in [1.54, 1.807) is 24.0 Å². The number of carbonyl (C=O) groups is 2. The van der Waals surface area contributed by atoms with Gasteiger partial charge >= 0.3 is 0 Å². The summed E-state index contributed by atoms with van der Waals surface area (Å²) >= 11 is 12.2. The van der Waals surface area contributed by atoms with Crippen LogP contribution in [-0.2, 0) is 22.6 Å². The molecule has 1 aliphatic carbocycles. The van der Waals surface area contributed by atoms with Gasteiger partial charge in [-0.3, -0.25) is 9.59 Å². The summed E-state index contributed by atoms with van der Waals surface area (Å²) < 4.78 is 0. The predicted octanol–water partition coefficient (Wildman–Crippen LogP) is 5.63. The van der Waals surface area contributed by atoms with Gasteiger partial charge in [-0.05, 0) is 68.0 Å². The van der Waals surface area contributed by atoms with Gasteiger partial charge in [0.25, 0.3) is 0 Å². The summed E-state index contributed by atoms with van der Waals surface area (Å²) in [5.41, 5.74) is 4.11. The molecule has 0 heterocycles. The highest BCUT2D eigenvalue weighted by atomic mass is 35.5. The van der Waals surface area contributed by atoms with E-state index in [9.17, 15) is 9.59 Å². The fraction of sp³-hybridized carbons (Fsp3) is 0.440. The van der Waals surface area contributed by atoms with Crippen molar-refractivity contribution in [1.82, 2.24) is 10.2 Å². The van der Waals surface area contributed by atoms with E-state index in [-0.39, 0.29) is 24.3 Å². The zero-order chi connectivity index (χ0) is 22.5. The zero-order valence-electron chi connectivity index (χ0n) is 18.4. The SMILES string of the molecule is Cc1ccc(CC(=O)N(Cc2ccc(Cl)c(Cl)c2)[C@H](C)C(=O)NC2CCCC2)cc1C. The molecule has 2 aromatic carbocycles. The maximum absolute atomic E-state index is 13.3. The molecule has 1 atom stereocenters. The summed E-state index contributed by atoms with van der Waals surface area (Å²) in [5.74, 6) is -0.205. The first-order valence-corrected chi connectivity index (χ1v) is 11.6. The molecule has 0 radical (unpaired) electrons. The molecule has 31 heavy (non-hydrogen) atoms. The normalized spacial score (nSPS) is 15.0. The summed E-state index contributed by atoms with van der Waals surface area (Å²) in [6.07, 6.45) is 4.52. The molecule has 0 aliphatic heterocycles. The molecule has 0 spiro atoms. The van der Waals surface area contributed by atoms with Crippen molar-refractivity contribution in [2.75, 3.05) is 0 Å². The van der Waals surface area contributed by atoms with Gasteiger partial charge in [0, 0.05) is 12.6 Å². The number of benzene rings is 2. The van der Waals surface area contributed by atoms with Gasteiger partial charge in [0.15, 0.2) is 0 Å². The van der Waals surface area contributed by atoms with Crippen LogP contribution in [0.4, 0.5) is 0 Å². The highest BCUT2D eigenvalue weighted by Crippen LogP contribution is 2.24. The third-order valence-corrected chi connectivity index (χ3v) is 6.87. The van der Waals surface area contributed by atoms with Crippen molar-refractivity contribution >= 4 is 35.0 Å². The number of aryl methyl sites for hydroxylation is 2. The van der Waals surface area contributed by atoms with Crippen molar-refractivity contribution in [3.8, 4) is 0 Å². The summed E-state index contributed by atoms with van der Waals surface area (Å²) in [6, 6.07) is 11.0. The smallest absolute Gasteiger partial charge is 0.242 e. The van der Waals surface area contributed by atoms with Crippen LogP contribution in [0, 0.1) is 13.8 Å². The molecule has 2 aromatic rings. The number of hydrogen-bond acceptors (Lipinski definition) is 2. The Morgan fingerprint density at radius 2 is 1.68 bits per heavy atom. The van der Waals surface area contributed by atoms with Crippen molar-refractivity contribution in [2.24, 2.45) is 0 Å². The lowest BCUT2D eigenvalue weighted by atomic mass is 10.0. The highest BCUT2D eigenvalue weighted by molar-refractivity contribution is 6.42. The molecule has 1 saturated carbocycles. The molecule has 166 valence electrons. The first-order chi connectivity index (χ1) is 14.7. The second-order valence-corrected chi connectivity index (χ2v) is 9.35. The van der Waals surface area contributed by atoms with Crippen molar-refractivity contribution < 1.29 is 9.59 Å². The number of amides is 2. The quantitative estimate of drug-likeness (QED) is 0.581. The summed E-state index contributed by atoms with van der Waals surface area (Å²) in [5, 5.41) is 4.02. The molecular weight excluding hydrogens is 431 g/mol. The van der Waals surface area contributed by atoms with Gasteiger partial charge in [0.05, 0.1) is 16.5 Å². The van der Waals surface area contributed by atoms with E-state index in [0.29, 0.717) is 16.6 Å². The average molecular weight is 461 g/mol. The van der Waals surface area contributed by atoms with Crippen LogP contribution in [-0.4, -0.2) is 28.8 Å². The standard InChI is InChI=1S/C25H30Cl2N2O2/c1-16-8-9-19(12-17(16)2)14-24(30)29(15-20-10-11-22(26)23(27)13-20)18(3)25(31)28-21-6-4-5-7-21/h8-13,18,21H,4-7,14-15H2,1-3H3,(H,28,31)/t18-/m1/s1. The van der Waals surface area contributed by atoms with Crippen molar-refractivity contribution in [3.63, 3.8) is 0 Å². The first kappa shape index (κ1) is 23.6. The zero-order valence-corrected chi connectivity index (χ0v) is 19.9. The van der Waals surface area contributed by atoms with Crippen LogP contribution < -0.4 is 5.32 Å². The molecule has 0 bridgehead atoms. The third-order valence-electron chi connectivity index (χ3n) is 6.13. The Balaban J connectivity index is 1.80. The van der Waals surface area contributed by atoms with Gasteiger partial charge in [0.2, 0.25) is 11.8 Å². The number of rotatable bonds is 7. The number of nitrogens with zero attached hydrogens (tertiary/aromatic N) is 1. The molecule has 0 aromatic heterocycles. The Labute approximate surface area is 194 Å². The van der Waals surface area contributed by atoms with Gasteiger partial charge < -0.3 is 10.2 Å². The van der Waals surface area contributed by atoms with Crippen LogP contribution >= 0.6 is 23.2 Å². The van der Waals surface area contributed by atoms with Crippen molar-refractivity contribution in [1.29, 1.82) is 0 Å². The number of halogens is 2. The van der Waals surface area contributed by atoms with Gasteiger partial charge in [-0.15, -0.1) is 0 Å². The molecule has 2 amide bonds. The van der Waals surface area contributed by atoms with E-state index in [2.05, 4.69) is 5.32 Å². The monoisotopic (exact) mass is 460 g/mol. The summed E-state index contributed by atoms with van der Waals surface area (Å²) in [4.78, 5) is 27.9. The summed E-state index contributed by atoms with van der Waals surface area (Å²) in [7, 11) is 0. The van der Waals surface area contributed by atoms with Crippen LogP contribution in [0.3, 0.4) is 0 Å². The molecule has 0 saturated heterocycles. The Morgan fingerprint density at radius 1 is 1.00 bits per heavy atom. The molecule has 4 nitrogen and oxygen atoms in total. The Hall–Kier alpha value is -2.04. The number of nitrogens with one attached hydrogen (secondary N) is 1. The van der Waals surface area contributed by atoms with E-state index in [0.717, 1.165) is 42.4 Å². The molecule has 1 fully saturated rings. The molecule has 3 rings (SSSR count). The lowest BCUT2D eigenvalue weighted by Gasteiger charge is -2.30. The topological polar surface area (TPSA) is 49.4 Å². The molecule has 0 unspecified atom stereocenters. The average Bonchev–Trinajstić information content (AvgIpc) is 3.24. The first-order valence-electron chi connectivity index (χ1n) is 10.8. The van der Waals surface area contributed by atoms with E-state index < -0.39 is 6.04 Å². The van der Waals surface area contributed by atoms with Crippen LogP contribution in [0.5, 0.6) is 0 Å².